The van der Waals surface area contributed by atoms with Gasteiger partial charge < -0.3 is 4.74 Å². The first-order valence-electron chi connectivity index (χ1n) is 6.37. The highest BCUT2D eigenvalue weighted by molar-refractivity contribution is 5.94. The quantitative estimate of drug-likeness (QED) is 0.547. The monoisotopic (exact) mass is 236 g/mol. The van der Waals surface area contributed by atoms with Gasteiger partial charge in [0, 0.05) is 11.8 Å². The van der Waals surface area contributed by atoms with E-state index in [1.54, 1.807) is 0 Å². The Hall–Kier alpha value is -1.12. The second-order valence-electron chi connectivity index (χ2n) is 5.51. The fourth-order valence-electron chi connectivity index (χ4n) is 3.28. The molecule has 0 N–H and O–H groups in total. The molecule has 0 aliphatic heterocycles. The highest BCUT2D eigenvalue weighted by Crippen LogP contribution is 2.55. The minimum atomic E-state index is -0.507. The molecule has 1 atom stereocenters. The number of esters is 1. The maximum absolute atomic E-state index is 12.2. The summed E-state index contributed by atoms with van der Waals surface area (Å²) in [5.41, 5.74) is -0.00531. The number of allylic oxidation sites excluding steroid dienone is 1. The third kappa shape index (κ3) is 1.63. The number of Topliss-reactive ketones (excluding diaryl/α,β-unsaturated/α-hetero) is 1. The molecule has 3 heteroatoms. The van der Waals surface area contributed by atoms with Crippen molar-refractivity contribution in [3.05, 3.63) is 11.6 Å². The lowest BCUT2D eigenvalue weighted by atomic mass is 9.60. The molecule has 2 aliphatic carbocycles. The average Bonchev–Trinajstić information content (AvgIpc) is 2.71. The van der Waals surface area contributed by atoms with Gasteiger partial charge in [-0.1, -0.05) is 6.08 Å². The number of carbonyl (C=O) groups is 2. The lowest BCUT2D eigenvalue weighted by Crippen LogP contribution is -2.45. The second kappa shape index (κ2) is 3.97. The molecular weight excluding hydrogens is 216 g/mol. The predicted octanol–water partition coefficient (Wildman–Crippen LogP) is 2.65. The number of hydrogen-bond acceptors (Lipinski definition) is 3. The summed E-state index contributed by atoms with van der Waals surface area (Å²) in [5, 5.41) is 0. The summed E-state index contributed by atoms with van der Waals surface area (Å²) in [6, 6.07) is 0. The van der Waals surface area contributed by atoms with E-state index in [4.69, 9.17) is 4.74 Å². The Balaban J connectivity index is 2.39. The van der Waals surface area contributed by atoms with Gasteiger partial charge in [0.2, 0.25) is 0 Å². The van der Waals surface area contributed by atoms with Crippen LogP contribution in [0.3, 0.4) is 0 Å². The van der Waals surface area contributed by atoms with Crippen LogP contribution >= 0.6 is 0 Å². The van der Waals surface area contributed by atoms with E-state index in [-0.39, 0.29) is 11.8 Å². The highest BCUT2D eigenvalue weighted by Gasteiger charge is 2.55. The molecule has 0 amide bonds. The van der Waals surface area contributed by atoms with E-state index in [0.29, 0.717) is 19.4 Å². The first kappa shape index (κ1) is 12.3. The van der Waals surface area contributed by atoms with Crippen LogP contribution in [0.25, 0.3) is 0 Å². The Morgan fingerprint density at radius 1 is 1.41 bits per heavy atom. The largest absolute Gasteiger partial charge is 0.465 e. The zero-order chi connectivity index (χ0) is 12.7. The maximum Gasteiger partial charge on any atom is 0.316 e. The molecule has 2 rings (SSSR count). The van der Waals surface area contributed by atoms with Crippen molar-refractivity contribution >= 4 is 11.8 Å². The van der Waals surface area contributed by atoms with Crippen molar-refractivity contribution < 1.29 is 14.3 Å². The van der Waals surface area contributed by atoms with E-state index in [0.717, 1.165) is 18.4 Å². The minimum absolute atomic E-state index is 0.135. The van der Waals surface area contributed by atoms with Crippen LogP contribution in [0.2, 0.25) is 0 Å². The van der Waals surface area contributed by atoms with Gasteiger partial charge in [-0.15, -0.1) is 0 Å². The SMILES string of the molecule is CCOC(=O)C12CCC=C1C(C)(C)C(=O)CC2. The van der Waals surface area contributed by atoms with Crippen LogP contribution in [0, 0.1) is 10.8 Å². The zero-order valence-corrected chi connectivity index (χ0v) is 10.8. The summed E-state index contributed by atoms with van der Waals surface area (Å²) in [7, 11) is 0. The van der Waals surface area contributed by atoms with Gasteiger partial charge in [-0.3, -0.25) is 9.59 Å². The number of carbonyl (C=O) groups excluding carboxylic acids is 2. The molecule has 1 unspecified atom stereocenters. The van der Waals surface area contributed by atoms with Gasteiger partial charge in [-0.25, -0.2) is 0 Å². The van der Waals surface area contributed by atoms with Gasteiger partial charge in [-0.2, -0.15) is 0 Å². The Kier molecular flexibility index (Phi) is 2.88. The van der Waals surface area contributed by atoms with Crippen LogP contribution < -0.4 is 0 Å². The van der Waals surface area contributed by atoms with Gasteiger partial charge in [-0.05, 0) is 45.6 Å². The van der Waals surface area contributed by atoms with E-state index in [2.05, 4.69) is 6.08 Å². The Morgan fingerprint density at radius 2 is 2.12 bits per heavy atom. The van der Waals surface area contributed by atoms with Crippen LogP contribution in [-0.2, 0) is 14.3 Å². The molecule has 0 radical (unpaired) electrons. The number of rotatable bonds is 2. The first-order chi connectivity index (χ1) is 7.95. The van der Waals surface area contributed by atoms with E-state index < -0.39 is 10.8 Å². The molecule has 17 heavy (non-hydrogen) atoms. The number of ketones is 1. The van der Waals surface area contributed by atoms with Crippen LogP contribution in [0.15, 0.2) is 11.6 Å². The van der Waals surface area contributed by atoms with Crippen LogP contribution in [-0.4, -0.2) is 18.4 Å². The Labute approximate surface area is 102 Å². The predicted molar refractivity (Wildman–Crippen MR) is 64.4 cm³/mol. The molecule has 2 aliphatic rings. The summed E-state index contributed by atoms with van der Waals surface area (Å²) in [6.45, 7) is 6.09. The van der Waals surface area contributed by atoms with Crippen molar-refractivity contribution in [2.75, 3.05) is 6.61 Å². The molecule has 0 aromatic heterocycles. The second-order valence-corrected chi connectivity index (χ2v) is 5.51. The fourth-order valence-corrected chi connectivity index (χ4v) is 3.28. The standard InChI is InChI=1S/C14H20O3/c1-4-17-12(16)14-8-5-6-10(14)13(2,3)11(15)7-9-14/h6H,4-5,7-9H2,1-3H3. The summed E-state index contributed by atoms with van der Waals surface area (Å²) in [4.78, 5) is 24.2. The molecule has 0 heterocycles. The molecule has 1 saturated carbocycles. The van der Waals surface area contributed by atoms with Crippen molar-refractivity contribution in [1.82, 2.24) is 0 Å². The van der Waals surface area contributed by atoms with Crippen molar-refractivity contribution in [2.24, 2.45) is 10.8 Å². The maximum atomic E-state index is 12.2. The molecule has 0 aromatic carbocycles. The van der Waals surface area contributed by atoms with Crippen LogP contribution in [0.4, 0.5) is 0 Å². The molecule has 3 nitrogen and oxygen atoms in total. The average molecular weight is 236 g/mol. The van der Waals surface area contributed by atoms with Gasteiger partial charge in [0.05, 0.1) is 12.0 Å². The molecule has 0 spiro atoms. The molecule has 94 valence electrons. The van der Waals surface area contributed by atoms with Gasteiger partial charge in [0.1, 0.15) is 5.78 Å². The van der Waals surface area contributed by atoms with E-state index in [9.17, 15) is 9.59 Å². The van der Waals surface area contributed by atoms with Crippen molar-refractivity contribution in [2.45, 2.75) is 46.5 Å². The lowest BCUT2D eigenvalue weighted by molar-refractivity contribution is -0.156. The van der Waals surface area contributed by atoms with Crippen molar-refractivity contribution in [3.8, 4) is 0 Å². The Morgan fingerprint density at radius 3 is 2.76 bits per heavy atom. The smallest absolute Gasteiger partial charge is 0.316 e. The highest BCUT2D eigenvalue weighted by atomic mass is 16.5. The molecule has 0 bridgehead atoms. The number of fused-ring (bicyclic) bond motifs is 1. The fraction of sp³-hybridized carbons (Fsp3) is 0.714. The minimum Gasteiger partial charge on any atom is -0.465 e. The zero-order valence-electron chi connectivity index (χ0n) is 10.8. The summed E-state index contributed by atoms with van der Waals surface area (Å²) in [5.74, 6) is 0.106. The summed E-state index contributed by atoms with van der Waals surface area (Å²) < 4.78 is 5.22. The molecular formula is C14H20O3. The van der Waals surface area contributed by atoms with Crippen LogP contribution in [0.5, 0.6) is 0 Å². The van der Waals surface area contributed by atoms with Gasteiger partial charge in [0.15, 0.2) is 0 Å². The number of hydrogen-bond donors (Lipinski definition) is 0. The topological polar surface area (TPSA) is 43.4 Å². The molecule has 0 aromatic rings. The summed E-state index contributed by atoms with van der Waals surface area (Å²) in [6.07, 6.45) is 4.87. The molecule has 1 fully saturated rings. The normalized spacial score (nSPS) is 30.8. The summed E-state index contributed by atoms with van der Waals surface area (Å²) >= 11 is 0. The van der Waals surface area contributed by atoms with E-state index in [1.165, 1.54) is 0 Å². The van der Waals surface area contributed by atoms with Gasteiger partial charge >= 0.3 is 5.97 Å². The van der Waals surface area contributed by atoms with E-state index >= 15 is 0 Å². The van der Waals surface area contributed by atoms with Gasteiger partial charge in [0.25, 0.3) is 0 Å². The van der Waals surface area contributed by atoms with Crippen LogP contribution in [0.1, 0.15) is 46.5 Å². The number of ether oxygens (including phenoxy) is 1. The van der Waals surface area contributed by atoms with Crippen molar-refractivity contribution in [1.29, 1.82) is 0 Å². The Bertz CT molecular complexity index is 392. The van der Waals surface area contributed by atoms with Crippen molar-refractivity contribution in [3.63, 3.8) is 0 Å². The third-order valence-electron chi connectivity index (χ3n) is 4.25. The molecule has 0 saturated heterocycles. The first-order valence-corrected chi connectivity index (χ1v) is 6.37. The van der Waals surface area contributed by atoms with E-state index in [1.807, 2.05) is 20.8 Å². The lowest BCUT2D eigenvalue weighted by Gasteiger charge is -2.42. The third-order valence-corrected chi connectivity index (χ3v) is 4.25.